The van der Waals surface area contributed by atoms with Gasteiger partial charge in [0.25, 0.3) is 0 Å². The highest BCUT2D eigenvalue weighted by Crippen LogP contribution is 2.42. The zero-order valence-corrected chi connectivity index (χ0v) is 12.7. The second kappa shape index (κ2) is 5.45. The summed E-state index contributed by atoms with van der Waals surface area (Å²) in [5.74, 6) is 0.561. The summed E-state index contributed by atoms with van der Waals surface area (Å²) in [6.45, 7) is 1.85. The number of rotatable bonds is 3. The highest BCUT2D eigenvalue weighted by molar-refractivity contribution is 5.27. The summed E-state index contributed by atoms with van der Waals surface area (Å²) < 4.78 is 13.5. The molecule has 0 saturated carbocycles. The van der Waals surface area contributed by atoms with Crippen molar-refractivity contribution in [2.75, 3.05) is 14.1 Å². The average Bonchev–Trinajstić information content (AvgIpc) is 2.65. The van der Waals surface area contributed by atoms with Gasteiger partial charge in [-0.15, -0.1) is 0 Å². The summed E-state index contributed by atoms with van der Waals surface area (Å²) in [6.07, 6.45) is 5.21. The second-order valence-electron chi connectivity index (χ2n) is 6.56. The van der Waals surface area contributed by atoms with Gasteiger partial charge in [0.15, 0.2) is 0 Å². The zero-order valence-electron chi connectivity index (χ0n) is 12.7. The molecule has 0 radical (unpaired) electrons. The van der Waals surface area contributed by atoms with Crippen LogP contribution in [0.3, 0.4) is 0 Å². The average molecular weight is 276 g/mol. The minimum atomic E-state index is -0.105. The van der Waals surface area contributed by atoms with Crippen molar-refractivity contribution in [2.45, 2.75) is 50.7 Å². The molecular formula is C17H25FN2. The Balaban J connectivity index is 1.81. The van der Waals surface area contributed by atoms with E-state index >= 15 is 0 Å². The molecule has 0 amide bonds. The van der Waals surface area contributed by atoms with Gasteiger partial charge >= 0.3 is 0 Å². The maximum absolute atomic E-state index is 13.5. The van der Waals surface area contributed by atoms with Crippen molar-refractivity contribution in [1.82, 2.24) is 10.2 Å². The van der Waals surface area contributed by atoms with Crippen LogP contribution in [-0.2, 0) is 0 Å². The van der Waals surface area contributed by atoms with E-state index in [1.54, 1.807) is 6.07 Å². The first-order valence-electron chi connectivity index (χ1n) is 7.75. The van der Waals surface area contributed by atoms with Gasteiger partial charge in [-0.2, -0.15) is 0 Å². The first kappa shape index (κ1) is 14.0. The van der Waals surface area contributed by atoms with E-state index in [0.29, 0.717) is 12.0 Å². The third kappa shape index (κ3) is 2.38. The summed E-state index contributed by atoms with van der Waals surface area (Å²) in [7, 11) is 4.30. The third-order valence-corrected chi connectivity index (χ3v) is 5.46. The van der Waals surface area contributed by atoms with Gasteiger partial charge in [-0.1, -0.05) is 12.1 Å². The Labute approximate surface area is 121 Å². The number of nitrogens with one attached hydrogen (secondary N) is 1. The summed E-state index contributed by atoms with van der Waals surface area (Å²) >= 11 is 0. The Hall–Kier alpha value is -0.930. The first-order chi connectivity index (χ1) is 9.60. The minimum absolute atomic E-state index is 0.105. The molecule has 3 heteroatoms. The molecule has 0 aromatic heterocycles. The monoisotopic (exact) mass is 276 g/mol. The molecule has 3 atom stereocenters. The minimum Gasteiger partial charge on any atom is -0.313 e. The first-order valence-corrected chi connectivity index (χ1v) is 7.75. The lowest BCUT2D eigenvalue weighted by molar-refractivity contribution is 0.114. The van der Waals surface area contributed by atoms with E-state index in [1.807, 2.05) is 26.1 Å². The van der Waals surface area contributed by atoms with Crippen LogP contribution in [0.2, 0.25) is 0 Å². The molecule has 2 saturated heterocycles. The number of piperidine rings is 1. The van der Waals surface area contributed by atoms with Crippen LogP contribution in [-0.4, -0.2) is 31.1 Å². The van der Waals surface area contributed by atoms with E-state index in [0.717, 1.165) is 17.6 Å². The molecule has 2 bridgehead atoms. The fourth-order valence-electron chi connectivity index (χ4n) is 4.26. The van der Waals surface area contributed by atoms with Gasteiger partial charge in [0.2, 0.25) is 0 Å². The summed E-state index contributed by atoms with van der Waals surface area (Å²) in [6, 6.07) is 7.41. The number of hydrogen-bond donors (Lipinski definition) is 1. The molecule has 3 rings (SSSR count). The highest BCUT2D eigenvalue weighted by atomic mass is 19.1. The Kier molecular flexibility index (Phi) is 3.83. The molecule has 2 aliphatic rings. The number of halogens is 1. The van der Waals surface area contributed by atoms with Crippen molar-refractivity contribution >= 4 is 0 Å². The lowest BCUT2D eigenvalue weighted by Crippen LogP contribution is -2.43. The smallest absolute Gasteiger partial charge is 0.126 e. The van der Waals surface area contributed by atoms with Gasteiger partial charge in [0, 0.05) is 18.1 Å². The fraction of sp³-hybridized carbons (Fsp3) is 0.647. The van der Waals surface area contributed by atoms with Gasteiger partial charge in [-0.3, -0.25) is 0 Å². The molecular weight excluding hydrogens is 251 g/mol. The van der Waals surface area contributed by atoms with E-state index in [1.165, 1.54) is 31.2 Å². The van der Waals surface area contributed by atoms with Crippen molar-refractivity contribution in [3.63, 3.8) is 0 Å². The van der Waals surface area contributed by atoms with Gasteiger partial charge in [-0.25, -0.2) is 4.39 Å². The molecule has 110 valence electrons. The van der Waals surface area contributed by atoms with E-state index in [-0.39, 0.29) is 5.82 Å². The summed E-state index contributed by atoms with van der Waals surface area (Å²) in [5.41, 5.74) is 1.99. The van der Waals surface area contributed by atoms with Crippen LogP contribution in [0.1, 0.15) is 42.9 Å². The van der Waals surface area contributed by atoms with Crippen LogP contribution in [0, 0.1) is 18.7 Å². The van der Waals surface area contributed by atoms with Crippen molar-refractivity contribution in [3.05, 3.63) is 35.1 Å². The molecule has 20 heavy (non-hydrogen) atoms. The van der Waals surface area contributed by atoms with Crippen LogP contribution in [0.15, 0.2) is 18.2 Å². The van der Waals surface area contributed by atoms with E-state index in [2.05, 4.69) is 17.3 Å². The molecule has 3 unspecified atom stereocenters. The predicted octanol–water partition coefficient (Wildman–Crippen LogP) is 3.27. The lowest BCUT2D eigenvalue weighted by Gasteiger charge is -2.40. The zero-order chi connectivity index (χ0) is 14.3. The molecule has 2 nitrogen and oxygen atoms in total. The largest absolute Gasteiger partial charge is 0.313 e. The number of benzene rings is 1. The van der Waals surface area contributed by atoms with Gasteiger partial charge in [-0.05, 0) is 69.8 Å². The maximum Gasteiger partial charge on any atom is 0.126 e. The number of fused-ring (bicyclic) bond motifs is 2. The quantitative estimate of drug-likeness (QED) is 0.911. The lowest BCUT2D eigenvalue weighted by atomic mass is 9.82. The van der Waals surface area contributed by atoms with Crippen molar-refractivity contribution in [2.24, 2.45) is 5.92 Å². The van der Waals surface area contributed by atoms with Crippen molar-refractivity contribution < 1.29 is 4.39 Å². The number of hydrogen-bond acceptors (Lipinski definition) is 2. The Bertz CT molecular complexity index is 474. The van der Waals surface area contributed by atoms with Crippen molar-refractivity contribution in [3.8, 4) is 0 Å². The standard InChI is InChI=1S/C17H25FN2/c1-11-8-12(4-7-16(11)18)17(19-2)13-9-14-5-6-15(10-13)20(14)3/h4,7-8,13-15,17,19H,5-6,9-10H2,1-3H3. The Morgan fingerprint density at radius 3 is 2.45 bits per heavy atom. The van der Waals surface area contributed by atoms with Crippen molar-refractivity contribution in [1.29, 1.82) is 0 Å². The Morgan fingerprint density at radius 2 is 1.90 bits per heavy atom. The van der Waals surface area contributed by atoms with E-state index in [4.69, 9.17) is 0 Å². The predicted molar refractivity (Wildman–Crippen MR) is 80.2 cm³/mol. The fourth-order valence-corrected chi connectivity index (χ4v) is 4.26. The molecule has 2 heterocycles. The molecule has 1 N–H and O–H groups in total. The SMILES string of the molecule is CNC(c1ccc(F)c(C)c1)C1CC2CCC(C1)N2C. The van der Waals surface area contributed by atoms with Crippen LogP contribution >= 0.6 is 0 Å². The van der Waals surface area contributed by atoms with Crippen LogP contribution in [0.25, 0.3) is 0 Å². The third-order valence-electron chi connectivity index (χ3n) is 5.46. The van der Waals surface area contributed by atoms with Crippen LogP contribution < -0.4 is 5.32 Å². The molecule has 2 aliphatic heterocycles. The number of nitrogens with zero attached hydrogens (tertiary/aromatic N) is 1. The van der Waals surface area contributed by atoms with Gasteiger partial charge in [0.05, 0.1) is 0 Å². The topological polar surface area (TPSA) is 15.3 Å². The molecule has 0 spiro atoms. The molecule has 1 aromatic carbocycles. The summed E-state index contributed by atoms with van der Waals surface area (Å²) in [4.78, 5) is 2.57. The normalized spacial score (nSPS) is 31.5. The van der Waals surface area contributed by atoms with Gasteiger partial charge in [0.1, 0.15) is 5.82 Å². The maximum atomic E-state index is 13.5. The molecule has 0 aliphatic carbocycles. The van der Waals surface area contributed by atoms with Gasteiger partial charge < -0.3 is 10.2 Å². The van der Waals surface area contributed by atoms with Crippen LogP contribution in [0.4, 0.5) is 4.39 Å². The second-order valence-corrected chi connectivity index (χ2v) is 6.56. The van der Waals surface area contributed by atoms with E-state index in [9.17, 15) is 4.39 Å². The summed E-state index contributed by atoms with van der Waals surface area (Å²) in [5, 5.41) is 3.48. The molecule has 2 fully saturated rings. The Morgan fingerprint density at radius 1 is 1.25 bits per heavy atom. The highest BCUT2D eigenvalue weighted by Gasteiger charge is 2.40. The van der Waals surface area contributed by atoms with Crippen LogP contribution in [0.5, 0.6) is 0 Å². The molecule has 1 aromatic rings. The number of aryl methyl sites for hydroxylation is 1. The van der Waals surface area contributed by atoms with E-state index < -0.39 is 0 Å².